The molecule has 84 valence electrons. The molecule has 0 spiro atoms. The van der Waals surface area contributed by atoms with Crippen LogP contribution >= 0.6 is 11.6 Å². The van der Waals surface area contributed by atoms with Crippen molar-refractivity contribution >= 4 is 11.6 Å². The molecule has 0 aromatic carbocycles. The molecule has 0 saturated carbocycles. The summed E-state index contributed by atoms with van der Waals surface area (Å²) < 4.78 is 0.709. The number of rotatable bonds is 7. The average molecular weight is 285 g/mol. The summed E-state index contributed by atoms with van der Waals surface area (Å²) in [7, 11) is 2.05. The lowest BCUT2D eigenvalue weighted by Gasteiger charge is -2.33. The van der Waals surface area contributed by atoms with Crippen LogP contribution in [0, 0.1) is 0 Å². The van der Waals surface area contributed by atoms with E-state index in [1.165, 1.54) is 0 Å². The average Bonchev–Trinajstić information content (AvgIpc) is 2.04. The quantitative estimate of drug-likeness (QED) is 0.340. The Morgan fingerprint density at radius 3 is 2.07 bits per heavy atom. The van der Waals surface area contributed by atoms with Crippen LogP contribution in [0.15, 0.2) is 25.3 Å². The van der Waals surface area contributed by atoms with E-state index in [9.17, 15) is 5.11 Å². The molecule has 0 aromatic heterocycles. The van der Waals surface area contributed by atoms with Gasteiger partial charge in [0.25, 0.3) is 0 Å². The van der Waals surface area contributed by atoms with Crippen molar-refractivity contribution in [3.8, 4) is 0 Å². The van der Waals surface area contributed by atoms with Gasteiger partial charge in [-0.05, 0) is 12.2 Å². The van der Waals surface area contributed by atoms with E-state index in [-0.39, 0.29) is 22.9 Å². The summed E-state index contributed by atoms with van der Waals surface area (Å²) >= 11 is 5.55. The number of halogens is 2. The van der Waals surface area contributed by atoms with Crippen molar-refractivity contribution in [3.63, 3.8) is 0 Å². The molecule has 0 radical (unpaired) electrons. The third kappa shape index (κ3) is 6.60. The summed E-state index contributed by atoms with van der Waals surface area (Å²) in [5.41, 5.74) is 0. The number of hydrogen-bond acceptors (Lipinski definition) is 1. The fraction of sp³-hybridized carbons (Fsp3) is 0.600. The molecule has 0 saturated heterocycles. The number of quaternary nitrogens is 1. The van der Waals surface area contributed by atoms with Gasteiger partial charge < -0.3 is 26.6 Å². The molecular weight excluding hydrogens is 265 g/mol. The van der Waals surface area contributed by atoms with Gasteiger partial charge in [-0.3, -0.25) is 0 Å². The lowest BCUT2D eigenvalue weighted by molar-refractivity contribution is -0.901. The molecule has 4 heteroatoms. The molecular formula is C10H19BrClNO. The van der Waals surface area contributed by atoms with Crippen LogP contribution in [0.1, 0.15) is 0 Å². The van der Waals surface area contributed by atoms with E-state index in [0.717, 1.165) is 13.1 Å². The molecule has 0 fully saturated rings. The molecule has 0 amide bonds. The van der Waals surface area contributed by atoms with Crippen molar-refractivity contribution in [2.75, 3.05) is 32.6 Å². The predicted molar refractivity (Wildman–Crippen MR) is 57.9 cm³/mol. The second-order valence-electron chi connectivity index (χ2n) is 3.55. The van der Waals surface area contributed by atoms with E-state index in [2.05, 4.69) is 20.2 Å². The largest absolute Gasteiger partial charge is 1.00 e. The van der Waals surface area contributed by atoms with Crippen molar-refractivity contribution in [1.82, 2.24) is 0 Å². The van der Waals surface area contributed by atoms with Gasteiger partial charge in [-0.15, -0.1) is 11.6 Å². The minimum absolute atomic E-state index is 0. The number of likely N-dealkylation sites (N-methyl/N-ethyl adjacent to an activating group) is 1. The summed E-state index contributed by atoms with van der Waals surface area (Å²) in [5.74, 6) is 0.280. The first kappa shape index (κ1) is 16.6. The Kier molecular flexibility index (Phi) is 10.0. The first-order valence-electron chi connectivity index (χ1n) is 4.37. The topological polar surface area (TPSA) is 20.2 Å². The van der Waals surface area contributed by atoms with Crippen molar-refractivity contribution in [2.45, 2.75) is 6.10 Å². The number of alkyl halides is 1. The van der Waals surface area contributed by atoms with Gasteiger partial charge in [0, 0.05) is 0 Å². The van der Waals surface area contributed by atoms with Gasteiger partial charge in [0.2, 0.25) is 0 Å². The third-order valence-electron chi connectivity index (χ3n) is 1.97. The third-order valence-corrected chi connectivity index (χ3v) is 2.33. The minimum atomic E-state index is -0.452. The van der Waals surface area contributed by atoms with Gasteiger partial charge in [-0.25, -0.2) is 0 Å². The zero-order chi connectivity index (χ0) is 10.3. The van der Waals surface area contributed by atoms with Gasteiger partial charge in [0.05, 0.1) is 26.0 Å². The normalized spacial score (nSPS) is 12.8. The Labute approximate surface area is 102 Å². The second kappa shape index (κ2) is 8.48. The lowest BCUT2D eigenvalue weighted by atomic mass is 10.3. The van der Waals surface area contributed by atoms with Gasteiger partial charge in [0.15, 0.2) is 0 Å². The first-order valence-corrected chi connectivity index (χ1v) is 4.91. The fourth-order valence-corrected chi connectivity index (χ4v) is 1.50. The zero-order valence-electron chi connectivity index (χ0n) is 8.63. The predicted octanol–water partition coefficient (Wildman–Crippen LogP) is -1.59. The molecule has 0 aliphatic carbocycles. The molecule has 14 heavy (non-hydrogen) atoms. The van der Waals surface area contributed by atoms with E-state index < -0.39 is 6.10 Å². The Morgan fingerprint density at radius 2 is 1.79 bits per heavy atom. The Hall–Kier alpha value is 0.170. The number of hydrogen-bond donors (Lipinski definition) is 1. The molecule has 0 aliphatic heterocycles. The molecule has 1 unspecified atom stereocenters. The van der Waals surface area contributed by atoms with Crippen molar-refractivity contribution in [2.24, 2.45) is 0 Å². The van der Waals surface area contributed by atoms with E-state index in [1.54, 1.807) is 0 Å². The summed E-state index contributed by atoms with van der Waals surface area (Å²) in [6.07, 6.45) is 3.25. The highest BCUT2D eigenvalue weighted by Gasteiger charge is 2.21. The highest BCUT2D eigenvalue weighted by Crippen LogP contribution is 2.05. The van der Waals surface area contributed by atoms with Crippen LogP contribution < -0.4 is 17.0 Å². The SMILES string of the molecule is C=CC[N+](C)(CC=C)CC(O)CCl.[Br-]. The van der Waals surface area contributed by atoms with Gasteiger partial charge in [-0.2, -0.15) is 0 Å². The lowest BCUT2D eigenvalue weighted by Crippen LogP contribution is -3.00. The van der Waals surface area contributed by atoms with Crippen LogP contribution in [0.3, 0.4) is 0 Å². The smallest absolute Gasteiger partial charge is 0.116 e. The van der Waals surface area contributed by atoms with Gasteiger partial charge in [-0.1, -0.05) is 13.2 Å². The maximum absolute atomic E-state index is 9.43. The molecule has 0 bridgehead atoms. The minimum Gasteiger partial charge on any atom is -1.00 e. The van der Waals surface area contributed by atoms with Crippen LogP contribution in [-0.2, 0) is 0 Å². The van der Waals surface area contributed by atoms with E-state index in [1.807, 2.05) is 12.2 Å². The van der Waals surface area contributed by atoms with Crippen LogP contribution in [0.5, 0.6) is 0 Å². The Bertz CT molecular complexity index is 166. The fourth-order valence-electron chi connectivity index (χ4n) is 1.40. The molecule has 1 N–H and O–H groups in total. The van der Waals surface area contributed by atoms with Crippen LogP contribution in [0.2, 0.25) is 0 Å². The standard InChI is InChI=1S/C10H19ClNO.BrH/c1-4-6-12(3,7-5-2)9-10(13)8-11;/h4-5,10,13H,1-2,6-9H2,3H3;1H/q+1;/p-1. The highest BCUT2D eigenvalue weighted by molar-refractivity contribution is 6.18. The van der Waals surface area contributed by atoms with Crippen molar-refractivity contribution < 1.29 is 26.6 Å². The van der Waals surface area contributed by atoms with E-state index >= 15 is 0 Å². The van der Waals surface area contributed by atoms with Gasteiger partial charge >= 0.3 is 0 Å². The van der Waals surface area contributed by atoms with Crippen molar-refractivity contribution in [1.29, 1.82) is 0 Å². The highest BCUT2D eigenvalue weighted by atomic mass is 79.9. The molecule has 1 atom stereocenters. The number of nitrogens with zero attached hydrogens (tertiary/aromatic N) is 1. The molecule has 2 nitrogen and oxygen atoms in total. The Balaban J connectivity index is 0. The second-order valence-corrected chi connectivity index (χ2v) is 3.86. The van der Waals surface area contributed by atoms with E-state index in [4.69, 9.17) is 11.6 Å². The molecule has 0 aliphatic rings. The Morgan fingerprint density at radius 1 is 1.36 bits per heavy atom. The zero-order valence-corrected chi connectivity index (χ0v) is 11.0. The molecule has 0 heterocycles. The van der Waals surface area contributed by atoms with Gasteiger partial charge in [0.1, 0.15) is 12.6 Å². The maximum Gasteiger partial charge on any atom is 0.116 e. The summed E-state index contributed by atoms with van der Waals surface area (Å²) in [5, 5.41) is 9.43. The van der Waals surface area contributed by atoms with E-state index in [0.29, 0.717) is 11.0 Å². The number of aliphatic hydroxyl groups is 1. The first-order chi connectivity index (χ1) is 6.08. The summed E-state index contributed by atoms with van der Waals surface area (Å²) in [4.78, 5) is 0. The van der Waals surface area contributed by atoms with Crippen LogP contribution in [0.4, 0.5) is 0 Å². The summed E-state index contributed by atoms with van der Waals surface area (Å²) in [6, 6.07) is 0. The number of aliphatic hydroxyl groups excluding tert-OH is 1. The van der Waals surface area contributed by atoms with Crippen LogP contribution in [-0.4, -0.2) is 48.3 Å². The monoisotopic (exact) mass is 283 g/mol. The molecule has 0 rings (SSSR count). The summed E-state index contributed by atoms with van der Waals surface area (Å²) in [6.45, 7) is 9.67. The van der Waals surface area contributed by atoms with Crippen LogP contribution in [0.25, 0.3) is 0 Å². The molecule has 0 aromatic rings. The maximum atomic E-state index is 9.43. The van der Waals surface area contributed by atoms with Crippen molar-refractivity contribution in [3.05, 3.63) is 25.3 Å².